The molecule has 2 heteroatoms. The van der Waals surface area contributed by atoms with E-state index in [0.29, 0.717) is 10.8 Å². The Kier molecular flexibility index (Phi) is 180. The first kappa shape index (κ1) is 87.0. The van der Waals surface area contributed by atoms with Gasteiger partial charge in [-0.15, -0.1) is 6.58 Å². The predicted molar refractivity (Wildman–Crippen MR) is 128 cm³/mol. The number of nitrogens with zero attached hydrogens (tertiary/aromatic N) is 1. The molecule has 0 amide bonds. The monoisotopic (exact) mass is 535 g/mol. The van der Waals surface area contributed by atoms with Crippen molar-refractivity contribution in [2.45, 2.75) is 114 Å². The standard InChI is InChI=1S/C6H14.C6H12.C2H6N.8CH4.Ir/c2*1-5-6(2,3)4;1-3-2;;;;;;;;;/h5H2,1-4H3;5H,1H2,2-4H3;1-2H3;8*1H4;/q;;-1;;;;;;;;;. The SMILES string of the molecule is C.C.C.C.C.C.C.C.C=CC(C)(C)C.CCC(C)(C)C.C[N-]C.[Ir]. The van der Waals surface area contributed by atoms with E-state index in [0.717, 1.165) is 0 Å². The van der Waals surface area contributed by atoms with E-state index in [-0.39, 0.29) is 79.5 Å². The molecule has 0 saturated heterocycles. The van der Waals surface area contributed by atoms with Crippen molar-refractivity contribution in [1.82, 2.24) is 0 Å². The van der Waals surface area contributed by atoms with Gasteiger partial charge in [0, 0.05) is 20.1 Å². The van der Waals surface area contributed by atoms with E-state index in [9.17, 15) is 0 Å². The molecule has 1 radical (unpaired) electrons. The molecule has 0 aromatic carbocycles. The Bertz CT molecular complexity index is 130. The molecule has 0 bridgehead atoms. The summed E-state index contributed by atoms with van der Waals surface area (Å²) in [5, 5.41) is 3.50. The molecule has 0 saturated carbocycles. The molecule has 0 N–H and O–H groups in total. The summed E-state index contributed by atoms with van der Waals surface area (Å²) in [6, 6.07) is 0. The summed E-state index contributed by atoms with van der Waals surface area (Å²) in [4.78, 5) is 0. The number of hydrogen-bond acceptors (Lipinski definition) is 0. The van der Waals surface area contributed by atoms with Crippen LogP contribution in [0.2, 0.25) is 0 Å². The molecule has 0 unspecified atom stereocenters. The van der Waals surface area contributed by atoms with Crippen LogP contribution in [0.3, 0.4) is 0 Å². The van der Waals surface area contributed by atoms with Gasteiger partial charge in [-0.1, -0.05) is 120 Å². The van der Waals surface area contributed by atoms with Crippen LogP contribution in [0.25, 0.3) is 5.32 Å². The van der Waals surface area contributed by atoms with E-state index in [1.165, 1.54) is 6.42 Å². The molecule has 0 heterocycles. The summed E-state index contributed by atoms with van der Waals surface area (Å²) < 4.78 is 0. The van der Waals surface area contributed by atoms with Gasteiger partial charge in [-0.2, -0.15) is 14.1 Å². The summed E-state index contributed by atoms with van der Waals surface area (Å²) in [7, 11) is 3.50. The molecular formula is C22H64IrN-. The molecule has 0 aromatic heterocycles. The minimum Gasteiger partial charge on any atom is -0.668 e. The van der Waals surface area contributed by atoms with Gasteiger partial charge in [0.1, 0.15) is 0 Å². The Morgan fingerprint density at radius 1 is 0.708 bits per heavy atom. The Labute approximate surface area is 177 Å². The van der Waals surface area contributed by atoms with Gasteiger partial charge in [0.05, 0.1) is 0 Å². The van der Waals surface area contributed by atoms with Crippen LogP contribution in [0.5, 0.6) is 0 Å². The maximum atomic E-state index is 3.63. The molecule has 0 fully saturated rings. The minimum atomic E-state index is 0. The van der Waals surface area contributed by atoms with Gasteiger partial charge in [-0.05, 0) is 10.8 Å². The van der Waals surface area contributed by atoms with Crippen molar-refractivity contribution in [2.75, 3.05) is 14.1 Å². The first-order valence-electron chi connectivity index (χ1n) is 5.65. The van der Waals surface area contributed by atoms with Crippen LogP contribution in [0.4, 0.5) is 0 Å². The summed E-state index contributed by atoms with van der Waals surface area (Å²) in [5.41, 5.74) is 0.847. The molecule has 24 heavy (non-hydrogen) atoms. The normalized spacial score (nSPS) is 6.54. The van der Waals surface area contributed by atoms with E-state index in [2.05, 4.69) is 60.4 Å². The van der Waals surface area contributed by atoms with Crippen molar-refractivity contribution in [2.24, 2.45) is 10.8 Å². The largest absolute Gasteiger partial charge is 0.668 e. The van der Waals surface area contributed by atoms with Crippen molar-refractivity contribution in [3.63, 3.8) is 0 Å². The second-order valence-electron chi connectivity index (χ2n) is 5.93. The third-order valence-electron chi connectivity index (χ3n) is 1.67. The Morgan fingerprint density at radius 3 is 0.792 bits per heavy atom. The van der Waals surface area contributed by atoms with E-state index in [1.54, 1.807) is 14.1 Å². The van der Waals surface area contributed by atoms with E-state index in [1.807, 2.05) is 6.08 Å². The first-order valence-corrected chi connectivity index (χ1v) is 5.65. The Hall–Kier alpha value is 0.349. The zero-order valence-corrected chi connectivity index (χ0v) is 15.2. The topological polar surface area (TPSA) is 14.1 Å². The average Bonchev–Trinajstić information content (AvgIpc) is 2.04. The molecule has 0 aliphatic heterocycles. The smallest absolute Gasteiger partial charge is 0 e. The van der Waals surface area contributed by atoms with Crippen LogP contribution < -0.4 is 0 Å². The molecule has 0 spiro atoms. The fourth-order valence-electron chi connectivity index (χ4n) is 0. The third kappa shape index (κ3) is 253. The second kappa shape index (κ2) is 49.5. The summed E-state index contributed by atoms with van der Waals surface area (Å²) in [5.74, 6) is 0. The molecular weight excluding hydrogens is 470 g/mol. The van der Waals surface area contributed by atoms with Crippen molar-refractivity contribution < 1.29 is 20.1 Å². The maximum absolute atomic E-state index is 3.63. The van der Waals surface area contributed by atoms with Gasteiger partial charge in [0.2, 0.25) is 0 Å². The third-order valence-corrected chi connectivity index (χ3v) is 1.67. The van der Waals surface area contributed by atoms with Crippen LogP contribution in [-0.4, -0.2) is 14.1 Å². The maximum Gasteiger partial charge on any atom is 0 e. The summed E-state index contributed by atoms with van der Waals surface area (Å²) in [6.45, 7) is 18.9. The molecule has 0 aliphatic rings. The number of allylic oxidation sites excluding steroid dienone is 1. The zero-order chi connectivity index (χ0) is 13.1. The van der Waals surface area contributed by atoms with Gasteiger partial charge < -0.3 is 5.32 Å². The van der Waals surface area contributed by atoms with Crippen LogP contribution in [0, 0.1) is 10.8 Å². The van der Waals surface area contributed by atoms with E-state index < -0.39 is 0 Å². The molecule has 1 nitrogen and oxygen atoms in total. The van der Waals surface area contributed by atoms with Crippen LogP contribution in [0.15, 0.2) is 12.7 Å². The van der Waals surface area contributed by atoms with Crippen molar-refractivity contribution in [3.05, 3.63) is 18.0 Å². The molecule has 0 atom stereocenters. The number of rotatable bonds is 0. The van der Waals surface area contributed by atoms with E-state index >= 15 is 0 Å². The van der Waals surface area contributed by atoms with Gasteiger partial charge in [0.25, 0.3) is 0 Å². The summed E-state index contributed by atoms with van der Waals surface area (Å²) in [6.07, 6.45) is 3.21. The van der Waals surface area contributed by atoms with Crippen LogP contribution in [-0.2, 0) is 20.1 Å². The molecule has 0 aliphatic carbocycles. The molecule has 167 valence electrons. The van der Waals surface area contributed by atoms with Gasteiger partial charge in [0.15, 0.2) is 0 Å². The van der Waals surface area contributed by atoms with Crippen molar-refractivity contribution >= 4 is 0 Å². The number of hydrogen-bond donors (Lipinski definition) is 0. The van der Waals surface area contributed by atoms with Gasteiger partial charge >= 0.3 is 0 Å². The Balaban J connectivity index is -0.00000000781. The zero-order valence-electron chi connectivity index (χ0n) is 12.8. The molecule has 0 aromatic rings. The quantitative estimate of drug-likeness (QED) is 0.274. The average molecular weight is 535 g/mol. The van der Waals surface area contributed by atoms with Gasteiger partial charge in [-0.25, -0.2) is 0 Å². The Morgan fingerprint density at radius 2 is 0.792 bits per heavy atom. The summed E-state index contributed by atoms with van der Waals surface area (Å²) >= 11 is 0. The van der Waals surface area contributed by atoms with Gasteiger partial charge in [-0.3, -0.25) is 0 Å². The van der Waals surface area contributed by atoms with Crippen LogP contribution >= 0.6 is 0 Å². The van der Waals surface area contributed by atoms with Crippen molar-refractivity contribution in [3.8, 4) is 0 Å². The predicted octanol–water partition coefficient (Wildman–Crippen LogP) is 10.4. The van der Waals surface area contributed by atoms with Crippen molar-refractivity contribution in [1.29, 1.82) is 0 Å². The van der Waals surface area contributed by atoms with Crippen LogP contribution in [0.1, 0.15) is 114 Å². The first-order chi connectivity index (χ1) is 6.54. The second-order valence-corrected chi connectivity index (χ2v) is 5.93. The minimum absolute atomic E-state index is 0. The fourth-order valence-corrected chi connectivity index (χ4v) is 0. The van der Waals surface area contributed by atoms with E-state index in [4.69, 9.17) is 0 Å². The fraction of sp³-hybridized carbons (Fsp3) is 0.909. The molecule has 0 rings (SSSR count).